The van der Waals surface area contributed by atoms with Crippen LogP contribution in [0.4, 0.5) is 4.79 Å². The number of rotatable bonds is 3. The molecular weight excluding hydrogens is 334 g/mol. The molecule has 2 atom stereocenters. The molecule has 0 aliphatic carbocycles. The lowest BCUT2D eigenvalue weighted by Gasteiger charge is -2.39. The first kappa shape index (κ1) is 20.1. The smallest absolute Gasteiger partial charge is 0.411 e. The van der Waals surface area contributed by atoms with Gasteiger partial charge >= 0.3 is 12.1 Å². The number of carbonyl (C=O) groups is 2. The number of aryl methyl sites for hydroxylation is 2. The molecule has 1 amide bonds. The van der Waals surface area contributed by atoms with Gasteiger partial charge in [-0.25, -0.2) is 9.59 Å². The van der Waals surface area contributed by atoms with Crippen LogP contribution in [-0.4, -0.2) is 47.4 Å². The minimum Gasteiger partial charge on any atom is -0.496 e. The first-order valence-electron chi connectivity index (χ1n) is 8.92. The molecule has 0 aromatic heterocycles. The highest BCUT2D eigenvalue weighted by atomic mass is 16.6. The van der Waals surface area contributed by atoms with E-state index in [0.29, 0.717) is 13.0 Å². The number of aliphatic carboxylic acids is 1. The molecule has 0 spiro atoms. The molecule has 26 heavy (non-hydrogen) atoms. The van der Waals surface area contributed by atoms with Crippen LogP contribution < -0.4 is 4.74 Å². The van der Waals surface area contributed by atoms with Gasteiger partial charge in [0.25, 0.3) is 0 Å². The molecular formula is C20H29NO5. The Kier molecular flexibility index (Phi) is 5.84. The minimum atomic E-state index is -1.01. The molecule has 6 nitrogen and oxygen atoms in total. The lowest BCUT2D eigenvalue weighted by atomic mass is 9.82. The Morgan fingerprint density at radius 2 is 1.77 bits per heavy atom. The van der Waals surface area contributed by atoms with Crippen molar-refractivity contribution in [1.29, 1.82) is 0 Å². The summed E-state index contributed by atoms with van der Waals surface area (Å²) in [5.41, 5.74) is 2.17. The summed E-state index contributed by atoms with van der Waals surface area (Å²) >= 11 is 0. The Balaban J connectivity index is 2.39. The maximum Gasteiger partial charge on any atom is 0.411 e. The summed E-state index contributed by atoms with van der Waals surface area (Å²) in [5, 5.41) is 9.85. The normalized spacial score (nSPS) is 20.6. The maximum absolute atomic E-state index is 12.6. The van der Waals surface area contributed by atoms with Gasteiger partial charge in [0.1, 0.15) is 17.4 Å². The van der Waals surface area contributed by atoms with Crippen LogP contribution in [0.5, 0.6) is 5.75 Å². The second-order valence-electron chi connectivity index (χ2n) is 7.89. The second kappa shape index (κ2) is 7.56. The van der Waals surface area contributed by atoms with Crippen LogP contribution in [-0.2, 0) is 9.53 Å². The van der Waals surface area contributed by atoms with Crippen molar-refractivity contribution in [1.82, 2.24) is 4.90 Å². The van der Waals surface area contributed by atoms with E-state index in [1.807, 2.05) is 26.0 Å². The number of ether oxygens (including phenoxy) is 2. The zero-order valence-electron chi connectivity index (χ0n) is 16.5. The molecule has 0 saturated carbocycles. The lowest BCUT2D eigenvalue weighted by molar-refractivity contribution is -0.145. The number of carboxylic acids is 1. The van der Waals surface area contributed by atoms with E-state index in [1.54, 1.807) is 27.9 Å². The number of hydrogen-bond donors (Lipinski definition) is 1. The van der Waals surface area contributed by atoms with Gasteiger partial charge in [0, 0.05) is 12.5 Å². The highest BCUT2D eigenvalue weighted by Gasteiger charge is 2.42. The summed E-state index contributed by atoms with van der Waals surface area (Å²) in [4.78, 5) is 26.0. The number of nitrogens with zero attached hydrogens (tertiary/aromatic N) is 1. The van der Waals surface area contributed by atoms with Gasteiger partial charge in [-0.15, -0.1) is 0 Å². The topological polar surface area (TPSA) is 76.1 Å². The van der Waals surface area contributed by atoms with E-state index in [4.69, 9.17) is 9.47 Å². The van der Waals surface area contributed by atoms with Crippen LogP contribution in [0.25, 0.3) is 0 Å². The molecule has 1 heterocycles. The largest absolute Gasteiger partial charge is 0.496 e. The molecule has 1 aliphatic heterocycles. The van der Waals surface area contributed by atoms with Crippen molar-refractivity contribution in [3.05, 3.63) is 28.8 Å². The van der Waals surface area contributed by atoms with Gasteiger partial charge in [-0.2, -0.15) is 0 Å². The Morgan fingerprint density at radius 3 is 2.23 bits per heavy atom. The molecule has 0 bridgehead atoms. The Bertz CT molecular complexity index is 669. The molecule has 1 N–H and O–H groups in total. The van der Waals surface area contributed by atoms with Crippen molar-refractivity contribution in [2.75, 3.05) is 13.7 Å². The summed E-state index contributed by atoms with van der Waals surface area (Å²) in [7, 11) is 1.62. The van der Waals surface area contributed by atoms with E-state index in [9.17, 15) is 14.7 Å². The van der Waals surface area contributed by atoms with E-state index in [1.165, 1.54) is 4.90 Å². The lowest BCUT2D eigenvalue weighted by Crippen LogP contribution is -2.53. The van der Waals surface area contributed by atoms with E-state index in [2.05, 4.69) is 0 Å². The number of benzene rings is 1. The van der Waals surface area contributed by atoms with Crippen LogP contribution in [0.15, 0.2) is 12.1 Å². The highest BCUT2D eigenvalue weighted by molar-refractivity contribution is 5.81. The molecule has 6 heteroatoms. The van der Waals surface area contributed by atoms with Crippen molar-refractivity contribution in [3.8, 4) is 5.75 Å². The van der Waals surface area contributed by atoms with Crippen molar-refractivity contribution < 1.29 is 24.2 Å². The third-order valence-electron chi connectivity index (χ3n) is 4.63. The monoisotopic (exact) mass is 363 g/mol. The number of piperidine rings is 1. The number of carbonyl (C=O) groups excluding carboxylic acids is 1. The average Bonchev–Trinajstić information content (AvgIpc) is 2.52. The van der Waals surface area contributed by atoms with Crippen LogP contribution >= 0.6 is 0 Å². The van der Waals surface area contributed by atoms with Crippen molar-refractivity contribution >= 4 is 12.1 Å². The van der Waals surface area contributed by atoms with Crippen LogP contribution in [0.3, 0.4) is 0 Å². The summed E-state index contributed by atoms with van der Waals surface area (Å²) in [6.45, 7) is 9.60. The van der Waals surface area contributed by atoms with E-state index >= 15 is 0 Å². The molecule has 1 aromatic carbocycles. The SMILES string of the molecule is COc1c(C)cc(C2CCCN(C(=O)OC(C)(C)C)C2C(=O)O)cc1C. The van der Waals surface area contributed by atoms with E-state index < -0.39 is 23.7 Å². The first-order valence-corrected chi connectivity index (χ1v) is 8.92. The first-order chi connectivity index (χ1) is 12.0. The highest BCUT2D eigenvalue weighted by Crippen LogP contribution is 2.37. The molecule has 144 valence electrons. The van der Waals surface area contributed by atoms with Crippen molar-refractivity contribution in [2.24, 2.45) is 0 Å². The fourth-order valence-electron chi connectivity index (χ4n) is 3.70. The summed E-state index contributed by atoms with van der Waals surface area (Å²) < 4.78 is 10.8. The average molecular weight is 363 g/mol. The van der Waals surface area contributed by atoms with Gasteiger partial charge in [-0.05, 0) is 64.2 Å². The molecule has 2 unspecified atom stereocenters. The Morgan fingerprint density at radius 1 is 1.19 bits per heavy atom. The zero-order chi connectivity index (χ0) is 19.6. The number of amides is 1. The Hall–Kier alpha value is -2.24. The fraction of sp³-hybridized carbons (Fsp3) is 0.600. The van der Waals surface area contributed by atoms with Crippen LogP contribution in [0, 0.1) is 13.8 Å². The summed E-state index contributed by atoms with van der Waals surface area (Å²) in [5.74, 6) is -0.482. The third kappa shape index (κ3) is 4.29. The number of methoxy groups -OCH3 is 1. The predicted molar refractivity (Wildman–Crippen MR) is 98.8 cm³/mol. The Labute approximate surface area is 155 Å². The molecule has 1 aliphatic rings. The van der Waals surface area contributed by atoms with Crippen molar-refractivity contribution in [2.45, 2.75) is 65.0 Å². The molecule has 1 saturated heterocycles. The molecule has 0 radical (unpaired) electrons. The van der Waals surface area contributed by atoms with Gasteiger partial charge < -0.3 is 14.6 Å². The standard InChI is InChI=1S/C20H29NO5/c1-12-10-14(11-13(2)17(12)25-6)15-8-7-9-21(16(15)18(22)23)19(24)26-20(3,4)5/h10-11,15-16H,7-9H2,1-6H3,(H,22,23). The summed E-state index contributed by atoms with van der Waals surface area (Å²) in [6, 6.07) is 2.99. The van der Waals surface area contributed by atoms with Gasteiger partial charge in [0.05, 0.1) is 7.11 Å². The van der Waals surface area contributed by atoms with Crippen LogP contribution in [0.2, 0.25) is 0 Å². The van der Waals surface area contributed by atoms with E-state index in [-0.39, 0.29) is 5.92 Å². The second-order valence-corrected chi connectivity index (χ2v) is 7.89. The van der Waals surface area contributed by atoms with Gasteiger partial charge in [-0.3, -0.25) is 4.90 Å². The van der Waals surface area contributed by atoms with Gasteiger partial charge in [0.2, 0.25) is 0 Å². The fourth-order valence-corrected chi connectivity index (χ4v) is 3.70. The molecule has 2 rings (SSSR count). The zero-order valence-corrected chi connectivity index (χ0v) is 16.5. The predicted octanol–water partition coefficient (Wildman–Crippen LogP) is 3.88. The maximum atomic E-state index is 12.6. The van der Waals surface area contributed by atoms with Crippen LogP contribution in [0.1, 0.15) is 56.2 Å². The van der Waals surface area contributed by atoms with E-state index in [0.717, 1.165) is 28.9 Å². The summed E-state index contributed by atoms with van der Waals surface area (Å²) in [6.07, 6.45) is 0.871. The third-order valence-corrected chi connectivity index (χ3v) is 4.63. The van der Waals surface area contributed by atoms with Gasteiger partial charge in [0.15, 0.2) is 0 Å². The molecule has 1 aromatic rings. The van der Waals surface area contributed by atoms with Crippen molar-refractivity contribution in [3.63, 3.8) is 0 Å². The quantitative estimate of drug-likeness (QED) is 0.882. The molecule has 1 fully saturated rings. The number of likely N-dealkylation sites (tertiary alicyclic amines) is 1. The van der Waals surface area contributed by atoms with Gasteiger partial charge in [-0.1, -0.05) is 12.1 Å². The number of hydrogen-bond acceptors (Lipinski definition) is 4. The minimum absolute atomic E-state index is 0.280. The number of carboxylic acid groups (broad SMARTS) is 1.